The van der Waals surface area contributed by atoms with Crippen LogP contribution in [-0.4, -0.2) is 42.1 Å². The molecular weight excluding hydrogens is 268 g/mol. The molecule has 1 aromatic carbocycles. The Balaban J connectivity index is 2.14. The Hall–Kier alpha value is -0.710. The molecule has 2 rings (SSSR count). The molecule has 0 radical (unpaired) electrons. The maximum absolute atomic E-state index is 6.06. The highest BCUT2D eigenvalue weighted by molar-refractivity contribution is 8.00. The molecular formula is C16H26N2OS. The van der Waals surface area contributed by atoms with Crippen LogP contribution in [0.2, 0.25) is 0 Å². The molecule has 0 spiro atoms. The minimum absolute atomic E-state index is 0.291. The summed E-state index contributed by atoms with van der Waals surface area (Å²) in [6.45, 7) is 7.54. The van der Waals surface area contributed by atoms with Crippen LogP contribution in [0.4, 0.5) is 0 Å². The molecule has 4 heteroatoms. The first-order chi connectivity index (χ1) is 9.55. The minimum Gasteiger partial charge on any atom is -0.497 e. The van der Waals surface area contributed by atoms with Gasteiger partial charge in [0.05, 0.1) is 7.11 Å². The van der Waals surface area contributed by atoms with Crippen LogP contribution in [0, 0.1) is 0 Å². The van der Waals surface area contributed by atoms with Crippen LogP contribution in [0.3, 0.4) is 0 Å². The normalized spacial score (nSPS) is 21.2. The lowest BCUT2D eigenvalue weighted by molar-refractivity contribution is 0.210. The SMILES string of the molecule is COc1cccc(C(CN)N2CCSC(C)(C)CC2)c1. The third kappa shape index (κ3) is 3.90. The number of benzene rings is 1. The highest BCUT2D eigenvalue weighted by Crippen LogP contribution is 2.33. The van der Waals surface area contributed by atoms with E-state index in [0.29, 0.717) is 17.3 Å². The van der Waals surface area contributed by atoms with Crippen LogP contribution in [0.25, 0.3) is 0 Å². The Kier molecular flexibility index (Phi) is 5.35. The van der Waals surface area contributed by atoms with Gasteiger partial charge in [0.15, 0.2) is 0 Å². The molecule has 1 unspecified atom stereocenters. The van der Waals surface area contributed by atoms with Crippen molar-refractivity contribution in [3.05, 3.63) is 29.8 Å². The second kappa shape index (κ2) is 6.83. The zero-order valence-corrected chi connectivity index (χ0v) is 13.6. The van der Waals surface area contributed by atoms with Gasteiger partial charge in [0, 0.05) is 36.2 Å². The van der Waals surface area contributed by atoms with E-state index in [0.717, 1.165) is 18.8 Å². The topological polar surface area (TPSA) is 38.5 Å². The number of methoxy groups -OCH3 is 1. The molecule has 0 amide bonds. The zero-order valence-electron chi connectivity index (χ0n) is 12.8. The predicted octanol–water partition coefficient (Wildman–Crippen LogP) is 2.91. The zero-order chi connectivity index (χ0) is 14.6. The lowest BCUT2D eigenvalue weighted by Gasteiger charge is -2.30. The summed E-state index contributed by atoms with van der Waals surface area (Å²) in [5.74, 6) is 2.08. The van der Waals surface area contributed by atoms with Gasteiger partial charge >= 0.3 is 0 Å². The summed E-state index contributed by atoms with van der Waals surface area (Å²) in [7, 11) is 1.71. The first-order valence-corrected chi connectivity index (χ1v) is 8.26. The van der Waals surface area contributed by atoms with Crippen LogP contribution in [0.5, 0.6) is 5.75 Å². The Morgan fingerprint density at radius 2 is 2.20 bits per heavy atom. The van der Waals surface area contributed by atoms with Crippen molar-refractivity contribution >= 4 is 11.8 Å². The van der Waals surface area contributed by atoms with E-state index in [9.17, 15) is 0 Å². The summed E-state index contributed by atoms with van der Waals surface area (Å²) in [6, 6.07) is 8.59. The highest BCUT2D eigenvalue weighted by Gasteiger charge is 2.27. The number of rotatable bonds is 4. The lowest BCUT2D eigenvalue weighted by Crippen LogP contribution is -2.35. The summed E-state index contributed by atoms with van der Waals surface area (Å²) in [5, 5.41) is 0. The highest BCUT2D eigenvalue weighted by atomic mass is 32.2. The fraction of sp³-hybridized carbons (Fsp3) is 0.625. The first kappa shape index (κ1) is 15.7. The molecule has 1 atom stereocenters. The van der Waals surface area contributed by atoms with E-state index < -0.39 is 0 Å². The minimum atomic E-state index is 0.291. The molecule has 1 heterocycles. The number of hydrogen-bond acceptors (Lipinski definition) is 4. The molecule has 112 valence electrons. The molecule has 0 aromatic heterocycles. The van der Waals surface area contributed by atoms with E-state index in [1.807, 2.05) is 12.1 Å². The monoisotopic (exact) mass is 294 g/mol. The van der Waals surface area contributed by atoms with Gasteiger partial charge in [-0.3, -0.25) is 4.90 Å². The van der Waals surface area contributed by atoms with Gasteiger partial charge < -0.3 is 10.5 Å². The summed E-state index contributed by atoms with van der Waals surface area (Å²) in [4.78, 5) is 2.52. The molecule has 20 heavy (non-hydrogen) atoms. The second-order valence-electron chi connectivity index (χ2n) is 5.92. The maximum Gasteiger partial charge on any atom is 0.119 e. The molecule has 1 aliphatic rings. The van der Waals surface area contributed by atoms with Crippen LogP contribution in [-0.2, 0) is 0 Å². The van der Waals surface area contributed by atoms with Crippen molar-refractivity contribution in [1.82, 2.24) is 4.90 Å². The van der Waals surface area contributed by atoms with E-state index >= 15 is 0 Å². The van der Waals surface area contributed by atoms with Crippen molar-refractivity contribution in [3.63, 3.8) is 0 Å². The van der Waals surface area contributed by atoms with Crippen LogP contribution in [0.15, 0.2) is 24.3 Å². The Morgan fingerprint density at radius 3 is 2.90 bits per heavy atom. The Morgan fingerprint density at radius 1 is 1.40 bits per heavy atom. The molecule has 1 aliphatic heterocycles. The van der Waals surface area contributed by atoms with Crippen LogP contribution >= 0.6 is 11.8 Å². The van der Waals surface area contributed by atoms with E-state index in [1.54, 1.807) is 7.11 Å². The smallest absolute Gasteiger partial charge is 0.119 e. The predicted molar refractivity (Wildman–Crippen MR) is 87.5 cm³/mol. The summed E-state index contributed by atoms with van der Waals surface area (Å²) >= 11 is 2.07. The average molecular weight is 294 g/mol. The summed E-state index contributed by atoms with van der Waals surface area (Å²) < 4.78 is 5.71. The summed E-state index contributed by atoms with van der Waals surface area (Å²) in [6.07, 6.45) is 1.21. The Bertz CT molecular complexity index is 436. The number of nitrogens with two attached hydrogens (primary N) is 1. The van der Waals surface area contributed by atoms with Crippen LogP contribution < -0.4 is 10.5 Å². The lowest BCUT2D eigenvalue weighted by atomic mass is 10.0. The van der Waals surface area contributed by atoms with Gasteiger partial charge in [-0.1, -0.05) is 26.0 Å². The van der Waals surface area contributed by atoms with Crippen molar-refractivity contribution in [2.45, 2.75) is 31.1 Å². The number of nitrogens with zero attached hydrogens (tertiary/aromatic N) is 1. The Labute approximate surface area is 126 Å². The fourth-order valence-electron chi connectivity index (χ4n) is 2.69. The molecule has 0 saturated carbocycles. The van der Waals surface area contributed by atoms with Crippen molar-refractivity contribution in [2.75, 3.05) is 32.5 Å². The first-order valence-electron chi connectivity index (χ1n) is 7.28. The van der Waals surface area contributed by atoms with Crippen molar-refractivity contribution < 1.29 is 4.74 Å². The maximum atomic E-state index is 6.06. The standard InChI is InChI=1S/C16H26N2OS/c1-16(2)7-8-18(9-10-20-16)15(12-17)13-5-4-6-14(11-13)19-3/h4-6,11,15H,7-10,12,17H2,1-3H3. The molecule has 1 fully saturated rings. The van der Waals surface area contributed by atoms with E-state index in [2.05, 4.69) is 42.6 Å². The number of hydrogen-bond donors (Lipinski definition) is 1. The summed E-state index contributed by atoms with van der Waals surface area (Å²) in [5.41, 5.74) is 7.32. The number of thioether (sulfide) groups is 1. The molecule has 0 aliphatic carbocycles. The molecule has 0 bridgehead atoms. The molecule has 3 nitrogen and oxygen atoms in total. The van der Waals surface area contributed by atoms with Gasteiger partial charge in [-0.05, 0) is 24.1 Å². The quantitative estimate of drug-likeness (QED) is 0.926. The molecule has 1 saturated heterocycles. The van der Waals surface area contributed by atoms with Gasteiger partial charge in [-0.2, -0.15) is 11.8 Å². The van der Waals surface area contributed by atoms with Gasteiger partial charge in [0.25, 0.3) is 0 Å². The fourth-order valence-corrected chi connectivity index (χ4v) is 3.81. The van der Waals surface area contributed by atoms with Crippen molar-refractivity contribution in [3.8, 4) is 5.75 Å². The molecule has 1 aromatic rings. The van der Waals surface area contributed by atoms with Gasteiger partial charge in [-0.25, -0.2) is 0 Å². The van der Waals surface area contributed by atoms with Crippen LogP contribution in [0.1, 0.15) is 31.9 Å². The van der Waals surface area contributed by atoms with E-state index in [-0.39, 0.29) is 0 Å². The van der Waals surface area contributed by atoms with Crippen molar-refractivity contribution in [2.24, 2.45) is 5.73 Å². The van der Waals surface area contributed by atoms with Gasteiger partial charge in [-0.15, -0.1) is 0 Å². The largest absolute Gasteiger partial charge is 0.497 e. The van der Waals surface area contributed by atoms with Gasteiger partial charge in [0.1, 0.15) is 5.75 Å². The average Bonchev–Trinajstić information content (AvgIpc) is 2.62. The second-order valence-corrected chi connectivity index (χ2v) is 7.72. The third-order valence-corrected chi connectivity index (χ3v) is 5.39. The van der Waals surface area contributed by atoms with E-state index in [4.69, 9.17) is 10.5 Å². The van der Waals surface area contributed by atoms with E-state index in [1.165, 1.54) is 17.7 Å². The number of ether oxygens (including phenoxy) is 1. The van der Waals surface area contributed by atoms with Crippen molar-refractivity contribution in [1.29, 1.82) is 0 Å². The molecule has 2 N–H and O–H groups in total. The third-order valence-electron chi connectivity index (χ3n) is 4.01. The van der Waals surface area contributed by atoms with Gasteiger partial charge in [0.2, 0.25) is 0 Å².